The first-order valence-electron chi connectivity index (χ1n) is 8.54. The number of rotatable bonds is 3. The summed E-state index contributed by atoms with van der Waals surface area (Å²) in [6, 6.07) is 4.33. The van der Waals surface area contributed by atoms with Crippen molar-refractivity contribution < 1.29 is 4.79 Å². The summed E-state index contributed by atoms with van der Waals surface area (Å²) in [5.74, 6) is 1.04. The maximum absolute atomic E-state index is 12.7. The standard InChI is InChI=1S/C18H27N3O/c1-4-13(2)16-6-5-14-12-21(10-8-17(14)19-16)18(22)15-7-9-20(3)11-15/h5-6,13,15H,4,7-12H2,1-3H3/t13?,15-/m1/s1. The second-order valence-electron chi connectivity index (χ2n) is 6.91. The summed E-state index contributed by atoms with van der Waals surface area (Å²) in [4.78, 5) is 21.8. The van der Waals surface area contributed by atoms with Crippen LogP contribution in [0.25, 0.3) is 0 Å². The Hall–Kier alpha value is -1.42. The Morgan fingerprint density at radius 2 is 2.23 bits per heavy atom. The van der Waals surface area contributed by atoms with Gasteiger partial charge in [0, 0.05) is 37.4 Å². The lowest BCUT2D eigenvalue weighted by atomic mass is 9.98. The molecular formula is C18H27N3O. The van der Waals surface area contributed by atoms with Gasteiger partial charge in [-0.25, -0.2) is 0 Å². The number of carbonyl (C=O) groups is 1. The lowest BCUT2D eigenvalue weighted by Crippen LogP contribution is -2.40. The maximum Gasteiger partial charge on any atom is 0.227 e. The molecule has 0 saturated carbocycles. The van der Waals surface area contributed by atoms with Crippen molar-refractivity contribution >= 4 is 5.91 Å². The largest absolute Gasteiger partial charge is 0.338 e. The summed E-state index contributed by atoms with van der Waals surface area (Å²) >= 11 is 0. The van der Waals surface area contributed by atoms with E-state index in [1.54, 1.807) is 0 Å². The molecule has 0 bridgehead atoms. The second kappa shape index (κ2) is 6.37. The van der Waals surface area contributed by atoms with Crippen molar-refractivity contribution in [2.75, 3.05) is 26.7 Å². The molecule has 2 aliphatic heterocycles. The first-order chi connectivity index (χ1) is 10.6. The molecule has 1 amide bonds. The topological polar surface area (TPSA) is 36.4 Å². The summed E-state index contributed by atoms with van der Waals surface area (Å²) in [6.45, 7) is 7.94. The van der Waals surface area contributed by atoms with E-state index in [0.717, 1.165) is 45.4 Å². The van der Waals surface area contributed by atoms with Crippen molar-refractivity contribution in [1.29, 1.82) is 0 Å². The van der Waals surface area contributed by atoms with E-state index in [1.165, 1.54) is 17.0 Å². The average molecular weight is 301 g/mol. The third kappa shape index (κ3) is 3.02. The van der Waals surface area contributed by atoms with E-state index in [4.69, 9.17) is 4.98 Å². The molecule has 0 aliphatic carbocycles. The third-order valence-corrected chi connectivity index (χ3v) is 5.24. The zero-order chi connectivity index (χ0) is 15.7. The van der Waals surface area contributed by atoms with Gasteiger partial charge in [-0.1, -0.05) is 19.9 Å². The first-order valence-corrected chi connectivity index (χ1v) is 8.54. The fourth-order valence-electron chi connectivity index (χ4n) is 3.50. The van der Waals surface area contributed by atoms with Gasteiger partial charge >= 0.3 is 0 Å². The monoisotopic (exact) mass is 301 g/mol. The van der Waals surface area contributed by atoms with Crippen LogP contribution >= 0.6 is 0 Å². The van der Waals surface area contributed by atoms with Crippen LogP contribution in [0.2, 0.25) is 0 Å². The minimum Gasteiger partial charge on any atom is -0.338 e. The Labute approximate surface area is 133 Å². The molecule has 22 heavy (non-hydrogen) atoms. The molecule has 1 unspecified atom stereocenters. The molecule has 4 nitrogen and oxygen atoms in total. The SMILES string of the molecule is CCC(C)c1ccc2c(n1)CCN(C(=O)[C@@H]1CCN(C)C1)C2. The highest BCUT2D eigenvalue weighted by Gasteiger charge is 2.31. The number of amides is 1. The molecular weight excluding hydrogens is 274 g/mol. The number of hydrogen-bond donors (Lipinski definition) is 0. The number of likely N-dealkylation sites (tertiary alicyclic amines) is 1. The van der Waals surface area contributed by atoms with E-state index >= 15 is 0 Å². The van der Waals surface area contributed by atoms with Gasteiger partial charge in [-0.05, 0) is 44.0 Å². The van der Waals surface area contributed by atoms with Crippen molar-refractivity contribution in [1.82, 2.24) is 14.8 Å². The Kier molecular flexibility index (Phi) is 4.48. The first kappa shape index (κ1) is 15.5. The number of carbonyl (C=O) groups excluding carboxylic acids is 1. The third-order valence-electron chi connectivity index (χ3n) is 5.24. The van der Waals surface area contributed by atoms with Crippen molar-refractivity contribution in [2.45, 2.75) is 45.6 Å². The molecule has 3 heterocycles. The number of aromatic nitrogens is 1. The van der Waals surface area contributed by atoms with Crippen LogP contribution in [0.5, 0.6) is 0 Å². The van der Waals surface area contributed by atoms with Crippen LogP contribution in [-0.2, 0) is 17.8 Å². The number of pyridine rings is 1. The van der Waals surface area contributed by atoms with Crippen LogP contribution in [0.1, 0.15) is 49.6 Å². The lowest BCUT2D eigenvalue weighted by molar-refractivity contribution is -0.136. The molecule has 1 aromatic heterocycles. The summed E-state index contributed by atoms with van der Waals surface area (Å²) in [6.07, 6.45) is 3.02. The van der Waals surface area contributed by atoms with E-state index in [2.05, 4.69) is 37.9 Å². The molecule has 2 aliphatic rings. The molecule has 4 heteroatoms. The van der Waals surface area contributed by atoms with Crippen molar-refractivity contribution in [3.8, 4) is 0 Å². The van der Waals surface area contributed by atoms with E-state index < -0.39 is 0 Å². The van der Waals surface area contributed by atoms with Crippen LogP contribution in [0.3, 0.4) is 0 Å². The van der Waals surface area contributed by atoms with Gasteiger partial charge < -0.3 is 9.80 Å². The van der Waals surface area contributed by atoms with Gasteiger partial charge in [0.05, 0.1) is 5.92 Å². The van der Waals surface area contributed by atoms with Crippen LogP contribution in [-0.4, -0.2) is 47.4 Å². The second-order valence-corrected chi connectivity index (χ2v) is 6.91. The Balaban J connectivity index is 1.70. The van der Waals surface area contributed by atoms with E-state index in [9.17, 15) is 4.79 Å². The normalized spacial score (nSPS) is 23.4. The Morgan fingerprint density at radius 3 is 2.91 bits per heavy atom. The van der Waals surface area contributed by atoms with E-state index in [-0.39, 0.29) is 5.92 Å². The van der Waals surface area contributed by atoms with Gasteiger partial charge in [0.2, 0.25) is 5.91 Å². The van der Waals surface area contributed by atoms with Crippen LogP contribution in [0.15, 0.2) is 12.1 Å². The van der Waals surface area contributed by atoms with Crippen LogP contribution < -0.4 is 0 Å². The zero-order valence-electron chi connectivity index (χ0n) is 14.0. The van der Waals surface area contributed by atoms with Gasteiger partial charge in [-0.15, -0.1) is 0 Å². The predicted octanol–water partition coefficient (Wildman–Crippen LogP) is 2.43. The summed E-state index contributed by atoms with van der Waals surface area (Å²) < 4.78 is 0. The van der Waals surface area contributed by atoms with Gasteiger partial charge in [-0.3, -0.25) is 9.78 Å². The predicted molar refractivity (Wildman–Crippen MR) is 87.7 cm³/mol. The van der Waals surface area contributed by atoms with Crippen molar-refractivity contribution in [3.05, 3.63) is 29.1 Å². The lowest BCUT2D eigenvalue weighted by Gasteiger charge is -2.30. The molecule has 0 aromatic carbocycles. The zero-order valence-corrected chi connectivity index (χ0v) is 14.0. The van der Waals surface area contributed by atoms with Gasteiger partial charge in [0.25, 0.3) is 0 Å². The minimum absolute atomic E-state index is 0.193. The van der Waals surface area contributed by atoms with Gasteiger partial charge in [-0.2, -0.15) is 0 Å². The molecule has 120 valence electrons. The molecule has 0 spiro atoms. The number of nitrogens with zero attached hydrogens (tertiary/aromatic N) is 3. The minimum atomic E-state index is 0.193. The molecule has 1 fully saturated rings. The summed E-state index contributed by atoms with van der Waals surface area (Å²) in [5.41, 5.74) is 3.63. The van der Waals surface area contributed by atoms with E-state index in [0.29, 0.717) is 11.8 Å². The van der Waals surface area contributed by atoms with Crippen LogP contribution in [0, 0.1) is 5.92 Å². The van der Waals surface area contributed by atoms with Crippen molar-refractivity contribution in [2.24, 2.45) is 5.92 Å². The Bertz CT molecular complexity index is 557. The summed E-state index contributed by atoms with van der Waals surface area (Å²) in [5, 5.41) is 0. The molecule has 0 radical (unpaired) electrons. The number of hydrogen-bond acceptors (Lipinski definition) is 3. The van der Waals surface area contributed by atoms with Crippen LogP contribution in [0.4, 0.5) is 0 Å². The summed E-state index contributed by atoms with van der Waals surface area (Å²) in [7, 11) is 2.10. The molecule has 3 rings (SSSR count). The van der Waals surface area contributed by atoms with Gasteiger partial charge in [0.15, 0.2) is 0 Å². The highest BCUT2D eigenvalue weighted by Crippen LogP contribution is 2.25. The average Bonchev–Trinajstić information content (AvgIpc) is 2.98. The Morgan fingerprint density at radius 1 is 1.41 bits per heavy atom. The van der Waals surface area contributed by atoms with E-state index in [1.807, 2.05) is 4.90 Å². The maximum atomic E-state index is 12.7. The smallest absolute Gasteiger partial charge is 0.227 e. The molecule has 1 saturated heterocycles. The fraction of sp³-hybridized carbons (Fsp3) is 0.667. The molecule has 0 N–H and O–H groups in total. The number of fused-ring (bicyclic) bond motifs is 1. The highest BCUT2D eigenvalue weighted by atomic mass is 16.2. The molecule has 2 atom stereocenters. The highest BCUT2D eigenvalue weighted by molar-refractivity contribution is 5.79. The fourth-order valence-corrected chi connectivity index (χ4v) is 3.50. The molecule has 1 aromatic rings. The van der Waals surface area contributed by atoms with Gasteiger partial charge in [0.1, 0.15) is 0 Å². The van der Waals surface area contributed by atoms with Crippen molar-refractivity contribution in [3.63, 3.8) is 0 Å². The quantitative estimate of drug-likeness (QED) is 0.860.